The van der Waals surface area contributed by atoms with Gasteiger partial charge in [-0.15, -0.1) is 0 Å². The zero-order valence-electron chi connectivity index (χ0n) is 9.94. The second kappa shape index (κ2) is 6.94. The molecule has 0 N–H and O–H groups in total. The van der Waals surface area contributed by atoms with E-state index in [0.29, 0.717) is 0 Å². The van der Waals surface area contributed by atoms with Crippen LogP contribution in [0.25, 0.3) is 0 Å². The number of carbonyl (C=O) groups is 1. The van der Waals surface area contributed by atoms with Crippen molar-refractivity contribution in [3.05, 3.63) is 35.9 Å². The molecule has 0 saturated carbocycles. The van der Waals surface area contributed by atoms with Gasteiger partial charge < -0.3 is 16.9 Å². The largest absolute Gasteiger partial charge is 1.00 e. The van der Waals surface area contributed by atoms with E-state index >= 15 is 0 Å². The van der Waals surface area contributed by atoms with Crippen LogP contribution >= 0.6 is 11.8 Å². The van der Waals surface area contributed by atoms with E-state index < -0.39 is 0 Å². The van der Waals surface area contributed by atoms with E-state index in [-0.39, 0.29) is 17.5 Å². The van der Waals surface area contributed by atoms with E-state index in [9.17, 15) is 4.79 Å². The lowest BCUT2D eigenvalue weighted by Gasteiger charge is -2.23. The fourth-order valence-electron chi connectivity index (χ4n) is 1.07. The van der Waals surface area contributed by atoms with E-state index in [1.165, 1.54) is 11.8 Å². The first-order valence-electron chi connectivity index (χ1n) is 5.02. The maximum atomic E-state index is 11.7. The molecule has 0 saturated heterocycles. The van der Waals surface area contributed by atoms with E-state index in [2.05, 4.69) is 21.1 Å². The molecule has 0 amide bonds. The Morgan fingerprint density at radius 2 is 1.75 bits per heavy atom. The smallest absolute Gasteiger partial charge is 0.219 e. The van der Waals surface area contributed by atoms with Gasteiger partial charge in [0.1, 0.15) is 0 Å². The van der Waals surface area contributed by atoms with Crippen molar-refractivity contribution >= 4 is 16.9 Å². The van der Waals surface area contributed by atoms with Crippen molar-refractivity contribution in [3.8, 4) is 0 Å². The van der Waals surface area contributed by atoms with Crippen LogP contribution in [0.3, 0.4) is 0 Å². The molecule has 1 aromatic carbocycles. The molecule has 0 aromatic heterocycles. The van der Waals surface area contributed by atoms with Crippen LogP contribution in [0.4, 0.5) is 0 Å². The second-order valence-corrected chi connectivity index (χ2v) is 5.58. The maximum absolute atomic E-state index is 11.7. The topological polar surface area (TPSA) is 17.1 Å². The van der Waals surface area contributed by atoms with E-state index in [0.717, 1.165) is 22.3 Å². The number of halogens is 1. The first-order chi connectivity index (χ1) is 6.99. The molecule has 1 aromatic rings. The van der Waals surface area contributed by atoms with Crippen molar-refractivity contribution in [1.29, 1.82) is 0 Å². The number of carbonyl (C=O) groups excluding carboxylic acids is 1. The van der Waals surface area contributed by atoms with Gasteiger partial charge in [0.25, 0.3) is 0 Å². The lowest BCUT2D eigenvalue weighted by molar-refractivity contribution is -0.867. The first kappa shape index (κ1) is 15.5. The van der Waals surface area contributed by atoms with Crippen molar-refractivity contribution in [2.24, 2.45) is 0 Å². The van der Waals surface area contributed by atoms with Gasteiger partial charge in [-0.1, -0.05) is 42.1 Å². The van der Waals surface area contributed by atoms with Gasteiger partial charge in [-0.25, -0.2) is 0 Å². The third-order valence-corrected chi connectivity index (χ3v) is 2.89. The summed E-state index contributed by atoms with van der Waals surface area (Å²) in [5.41, 5.74) is 0.795. The van der Waals surface area contributed by atoms with E-state index in [4.69, 9.17) is 0 Å². The molecule has 0 aliphatic heterocycles. The monoisotopic (exact) mass is 259 g/mol. The lowest BCUT2D eigenvalue weighted by atomic mass is 10.2. The highest BCUT2D eigenvalue weighted by atomic mass is 35.5. The summed E-state index contributed by atoms with van der Waals surface area (Å²) in [5.74, 6) is 0.872. The molecule has 0 atom stereocenters. The Morgan fingerprint density at radius 3 is 2.25 bits per heavy atom. The van der Waals surface area contributed by atoms with Gasteiger partial charge in [-0.2, -0.15) is 0 Å². The third kappa shape index (κ3) is 6.16. The fourth-order valence-corrected chi connectivity index (χ4v) is 2.20. The summed E-state index contributed by atoms with van der Waals surface area (Å²) in [6, 6.07) is 9.44. The van der Waals surface area contributed by atoms with Gasteiger partial charge in [0.05, 0.1) is 33.4 Å². The molecule has 0 radical (unpaired) electrons. The molecule has 0 aliphatic carbocycles. The average Bonchev–Trinajstić information content (AvgIpc) is 2.17. The molecule has 0 spiro atoms. The SMILES string of the molecule is C[N+](C)(C)CCSC(=O)c1ccccc1.[Cl-]. The molecule has 1 rings (SSSR count). The summed E-state index contributed by atoms with van der Waals surface area (Å²) < 4.78 is 0.898. The predicted molar refractivity (Wildman–Crippen MR) is 66.1 cm³/mol. The van der Waals surface area contributed by atoms with Crippen LogP contribution in [-0.2, 0) is 0 Å². The maximum Gasteiger partial charge on any atom is 0.219 e. The van der Waals surface area contributed by atoms with Crippen molar-refractivity contribution in [1.82, 2.24) is 0 Å². The van der Waals surface area contributed by atoms with Gasteiger partial charge in [0.2, 0.25) is 5.12 Å². The number of hydrogen-bond acceptors (Lipinski definition) is 2. The minimum absolute atomic E-state index is 0. The average molecular weight is 260 g/mol. The number of benzene rings is 1. The van der Waals surface area contributed by atoms with Crippen LogP contribution in [0.1, 0.15) is 10.4 Å². The summed E-state index contributed by atoms with van der Waals surface area (Å²) in [5, 5.41) is 0.170. The van der Waals surface area contributed by atoms with Crippen LogP contribution in [0.15, 0.2) is 30.3 Å². The van der Waals surface area contributed by atoms with Gasteiger partial charge >= 0.3 is 0 Å². The van der Waals surface area contributed by atoms with Gasteiger partial charge in [0.15, 0.2) is 0 Å². The molecule has 0 unspecified atom stereocenters. The second-order valence-electron chi connectivity index (χ2n) is 4.52. The molecular formula is C12H18ClNOS. The Morgan fingerprint density at radius 1 is 1.19 bits per heavy atom. The molecule has 0 aliphatic rings. The molecular weight excluding hydrogens is 242 g/mol. The summed E-state index contributed by atoms with van der Waals surface area (Å²) >= 11 is 1.40. The molecule has 90 valence electrons. The molecule has 0 bridgehead atoms. The highest BCUT2D eigenvalue weighted by Gasteiger charge is 2.10. The third-order valence-electron chi connectivity index (χ3n) is 2.00. The Bertz CT molecular complexity index is 322. The normalized spacial score (nSPS) is 10.7. The molecule has 0 heterocycles. The number of nitrogens with zero attached hydrogens (tertiary/aromatic N) is 1. The van der Waals surface area contributed by atoms with Crippen LogP contribution in [-0.4, -0.2) is 43.0 Å². The van der Waals surface area contributed by atoms with E-state index in [1.54, 1.807) is 0 Å². The quantitative estimate of drug-likeness (QED) is 0.664. The van der Waals surface area contributed by atoms with Gasteiger partial charge in [0, 0.05) is 5.56 Å². The highest BCUT2D eigenvalue weighted by Crippen LogP contribution is 2.12. The highest BCUT2D eigenvalue weighted by molar-refractivity contribution is 8.14. The van der Waals surface area contributed by atoms with Crippen LogP contribution < -0.4 is 12.4 Å². The molecule has 4 heteroatoms. The number of hydrogen-bond donors (Lipinski definition) is 0. The standard InChI is InChI=1S/C12H18NOS.ClH/c1-13(2,3)9-10-15-12(14)11-7-5-4-6-8-11;/h4-8H,9-10H2,1-3H3;1H/q+1;/p-1. The minimum Gasteiger partial charge on any atom is -1.00 e. The summed E-state index contributed by atoms with van der Waals surface area (Å²) in [7, 11) is 6.40. The summed E-state index contributed by atoms with van der Waals surface area (Å²) in [6.45, 7) is 1.00. The Hall–Kier alpha value is -0.510. The number of quaternary nitrogens is 1. The van der Waals surface area contributed by atoms with Crippen molar-refractivity contribution < 1.29 is 21.7 Å². The summed E-state index contributed by atoms with van der Waals surface area (Å²) in [4.78, 5) is 11.7. The zero-order valence-corrected chi connectivity index (χ0v) is 11.5. The van der Waals surface area contributed by atoms with Gasteiger partial charge in [-0.05, 0) is 0 Å². The number of thioether (sulfide) groups is 1. The minimum atomic E-state index is 0. The van der Waals surface area contributed by atoms with Crippen molar-refractivity contribution in [2.45, 2.75) is 0 Å². The zero-order chi connectivity index (χ0) is 11.3. The van der Waals surface area contributed by atoms with Crippen LogP contribution in [0.5, 0.6) is 0 Å². The number of rotatable bonds is 4. The first-order valence-corrected chi connectivity index (χ1v) is 6.00. The van der Waals surface area contributed by atoms with Crippen molar-refractivity contribution in [2.75, 3.05) is 33.4 Å². The molecule has 0 fully saturated rings. The fraction of sp³-hybridized carbons (Fsp3) is 0.417. The molecule has 16 heavy (non-hydrogen) atoms. The van der Waals surface area contributed by atoms with Crippen molar-refractivity contribution in [3.63, 3.8) is 0 Å². The summed E-state index contributed by atoms with van der Waals surface area (Å²) in [6.07, 6.45) is 0. The lowest BCUT2D eigenvalue weighted by Crippen LogP contribution is -3.00. The predicted octanol–water partition coefficient (Wildman–Crippen LogP) is -0.730. The molecule has 2 nitrogen and oxygen atoms in total. The van der Waals surface area contributed by atoms with E-state index in [1.807, 2.05) is 30.3 Å². The Labute approximate surface area is 108 Å². The van der Waals surface area contributed by atoms with Crippen LogP contribution in [0.2, 0.25) is 0 Å². The van der Waals surface area contributed by atoms with Gasteiger partial charge in [-0.3, -0.25) is 4.79 Å². The Kier molecular flexibility index (Phi) is 6.72. The Balaban J connectivity index is 0.00000225. The van der Waals surface area contributed by atoms with Crippen LogP contribution in [0, 0.1) is 0 Å².